The monoisotopic (exact) mass is 284 g/mol. The van der Waals surface area contributed by atoms with E-state index in [-0.39, 0.29) is 12.0 Å². The van der Waals surface area contributed by atoms with E-state index in [2.05, 4.69) is 20.9 Å². The van der Waals surface area contributed by atoms with Crippen molar-refractivity contribution in [3.8, 4) is 0 Å². The van der Waals surface area contributed by atoms with Gasteiger partial charge in [0.25, 0.3) is 5.91 Å². The summed E-state index contributed by atoms with van der Waals surface area (Å²) in [4.78, 5) is 17.9. The Hall–Kier alpha value is -0.940. The van der Waals surface area contributed by atoms with Gasteiger partial charge in [-0.25, -0.2) is 4.98 Å². The fraction of sp³-hybridized carbons (Fsp3) is 0.455. The molecule has 1 aliphatic rings. The number of methoxy groups -OCH3 is 1. The van der Waals surface area contributed by atoms with E-state index < -0.39 is 0 Å². The zero-order valence-corrected chi connectivity index (χ0v) is 10.6. The molecule has 1 aliphatic heterocycles. The second-order valence-corrected chi connectivity index (χ2v) is 4.67. The maximum absolute atomic E-state index is 12.0. The molecular formula is C11H13BrN2O2. The van der Waals surface area contributed by atoms with Crippen LogP contribution in [-0.4, -0.2) is 42.1 Å². The van der Waals surface area contributed by atoms with Crippen LogP contribution >= 0.6 is 15.9 Å². The molecule has 0 aliphatic carbocycles. The van der Waals surface area contributed by atoms with Crippen LogP contribution in [0.25, 0.3) is 0 Å². The third kappa shape index (κ3) is 2.41. The molecule has 1 atom stereocenters. The zero-order chi connectivity index (χ0) is 11.5. The SMILES string of the molecule is COC1CCN(C(=O)c2ccc(Br)cn2)C1. The van der Waals surface area contributed by atoms with Gasteiger partial charge in [0, 0.05) is 30.9 Å². The number of pyridine rings is 1. The Bertz CT molecular complexity index is 380. The molecule has 1 fully saturated rings. The molecule has 0 aromatic carbocycles. The number of carbonyl (C=O) groups is 1. The molecule has 0 spiro atoms. The van der Waals surface area contributed by atoms with Crippen molar-refractivity contribution in [3.05, 3.63) is 28.5 Å². The number of carbonyl (C=O) groups excluding carboxylic acids is 1. The summed E-state index contributed by atoms with van der Waals surface area (Å²) in [5, 5.41) is 0. The van der Waals surface area contributed by atoms with Gasteiger partial charge in [0.15, 0.2) is 0 Å². The molecule has 1 amide bonds. The maximum Gasteiger partial charge on any atom is 0.272 e. The van der Waals surface area contributed by atoms with Crippen LogP contribution in [0.3, 0.4) is 0 Å². The van der Waals surface area contributed by atoms with Crippen molar-refractivity contribution < 1.29 is 9.53 Å². The third-order valence-corrected chi connectivity index (χ3v) is 3.18. The van der Waals surface area contributed by atoms with E-state index >= 15 is 0 Å². The lowest BCUT2D eigenvalue weighted by Gasteiger charge is -2.15. The Morgan fingerprint density at radius 2 is 2.44 bits per heavy atom. The Morgan fingerprint density at radius 1 is 1.62 bits per heavy atom. The van der Waals surface area contributed by atoms with Gasteiger partial charge in [-0.1, -0.05) is 0 Å². The topological polar surface area (TPSA) is 42.4 Å². The Morgan fingerprint density at radius 3 is 3.00 bits per heavy atom. The van der Waals surface area contributed by atoms with E-state index in [4.69, 9.17) is 4.74 Å². The fourth-order valence-corrected chi connectivity index (χ4v) is 2.00. The van der Waals surface area contributed by atoms with Gasteiger partial charge < -0.3 is 9.64 Å². The number of aromatic nitrogens is 1. The van der Waals surface area contributed by atoms with E-state index in [1.165, 1.54) is 0 Å². The largest absolute Gasteiger partial charge is 0.380 e. The summed E-state index contributed by atoms with van der Waals surface area (Å²) < 4.78 is 6.10. The van der Waals surface area contributed by atoms with Gasteiger partial charge in [-0.3, -0.25) is 4.79 Å². The minimum Gasteiger partial charge on any atom is -0.380 e. The van der Waals surface area contributed by atoms with Crippen molar-refractivity contribution in [3.63, 3.8) is 0 Å². The van der Waals surface area contributed by atoms with E-state index in [0.29, 0.717) is 12.2 Å². The van der Waals surface area contributed by atoms with Crippen LogP contribution in [0, 0.1) is 0 Å². The first-order valence-corrected chi connectivity index (χ1v) is 5.93. The van der Waals surface area contributed by atoms with Gasteiger partial charge >= 0.3 is 0 Å². The van der Waals surface area contributed by atoms with Crippen molar-refractivity contribution in [2.45, 2.75) is 12.5 Å². The van der Waals surface area contributed by atoms with Gasteiger partial charge in [-0.15, -0.1) is 0 Å². The van der Waals surface area contributed by atoms with Crippen molar-refractivity contribution in [2.75, 3.05) is 20.2 Å². The standard InChI is InChI=1S/C11H13BrN2O2/c1-16-9-4-5-14(7-9)11(15)10-3-2-8(12)6-13-10/h2-3,6,9H,4-5,7H2,1H3. The lowest BCUT2D eigenvalue weighted by Crippen LogP contribution is -2.30. The highest BCUT2D eigenvalue weighted by atomic mass is 79.9. The number of hydrogen-bond donors (Lipinski definition) is 0. The maximum atomic E-state index is 12.0. The van der Waals surface area contributed by atoms with Crippen LogP contribution in [0.15, 0.2) is 22.8 Å². The molecule has 1 saturated heterocycles. The van der Waals surface area contributed by atoms with E-state index in [0.717, 1.165) is 17.4 Å². The van der Waals surface area contributed by atoms with Gasteiger partial charge in [-0.05, 0) is 34.5 Å². The molecule has 16 heavy (non-hydrogen) atoms. The molecule has 1 aromatic heterocycles. The lowest BCUT2D eigenvalue weighted by molar-refractivity contribution is 0.0719. The van der Waals surface area contributed by atoms with Gasteiger partial charge in [0.05, 0.1) is 6.10 Å². The summed E-state index contributed by atoms with van der Waals surface area (Å²) in [5.74, 6) is -0.0212. The average molecular weight is 285 g/mol. The lowest BCUT2D eigenvalue weighted by atomic mass is 10.3. The Kier molecular flexibility index (Phi) is 3.56. The van der Waals surface area contributed by atoms with Crippen molar-refractivity contribution in [1.82, 2.24) is 9.88 Å². The number of likely N-dealkylation sites (tertiary alicyclic amines) is 1. The van der Waals surface area contributed by atoms with E-state index in [9.17, 15) is 4.79 Å². The van der Waals surface area contributed by atoms with Crippen LogP contribution in [0.5, 0.6) is 0 Å². The molecule has 1 unspecified atom stereocenters. The van der Waals surface area contributed by atoms with E-state index in [1.54, 1.807) is 24.3 Å². The van der Waals surface area contributed by atoms with Gasteiger partial charge in [0.2, 0.25) is 0 Å². The zero-order valence-electron chi connectivity index (χ0n) is 9.02. The van der Waals surface area contributed by atoms with Crippen LogP contribution in [0.2, 0.25) is 0 Å². The first-order chi connectivity index (χ1) is 7.70. The minimum absolute atomic E-state index is 0.0212. The Labute approximate surface area is 103 Å². The fourth-order valence-electron chi connectivity index (χ4n) is 1.77. The van der Waals surface area contributed by atoms with Crippen LogP contribution in [-0.2, 0) is 4.74 Å². The number of amides is 1. The van der Waals surface area contributed by atoms with Gasteiger partial charge in [0.1, 0.15) is 5.69 Å². The molecule has 0 radical (unpaired) electrons. The van der Waals surface area contributed by atoms with Crippen LogP contribution < -0.4 is 0 Å². The highest BCUT2D eigenvalue weighted by molar-refractivity contribution is 9.10. The average Bonchev–Trinajstić information content (AvgIpc) is 2.77. The summed E-state index contributed by atoms with van der Waals surface area (Å²) in [6.07, 6.45) is 2.70. The van der Waals surface area contributed by atoms with Crippen molar-refractivity contribution in [2.24, 2.45) is 0 Å². The second kappa shape index (κ2) is 4.93. The predicted molar refractivity (Wildman–Crippen MR) is 63.3 cm³/mol. The minimum atomic E-state index is -0.0212. The van der Waals surface area contributed by atoms with Crippen LogP contribution in [0.4, 0.5) is 0 Å². The molecule has 1 aromatic rings. The normalized spacial score (nSPS) is 20.1. The van der Waals surface area contributed by atoms with E-state index in [1.807, 2.05) is 6.07 Å². The molecular weight excluding hydrogens is 272 g/mol. The van der Waals surface area contributed by atoms with Gasteiger partial charge in [-0.2, -0.15) is 0 Å². The molecule has 4 nitrogen and oxygen atoms in total. The molecule has 2 rings (SSSR count). The summed E-state index contributed by atoms with van der Waals surface area (Å²) in [6, 6.07) is 3.55. The number of hydrogen-bond acceptors (Lipinski definition) is 3. The number of halogens is 1. The highest BCUT2D eigenvalue weighted by Crippen LogP contribution is 2.15. The van der Waals surface area contributed by atoms with Crippen LogP contribution in [0.1, 0.15) is 16.9 Å². The highest BCUT2D eigenvalue weighted by Gasteiger charge is 2.27. The molecule has 0 bridgehead atoms. The summed E-state index contributed by atoms with van der Waals surface area (Å²) in [7, 11) is 1.68. The smallest absolute Gasteiger partial charge is 0.272 e. The second-order valence-electron chi connectivity index (χ2n) is 3.76. The summed E-state index contributed by atoms with van der Waals surface area (Å²) >= 11 is 3.29. The third-order valence-electron chi connectivity index (χ3n) is 2.71. The molecule has 5 heteroatoms. The van der Waals surface area contributed by atoms with Crippen molar-refractivity contribution >= 4 is 21.8 Å². The predicted octanol–water partition coefficient (Wildman–Crippen LogP) is 1.71. The summed E-state index contributed by atoms with van der Waals surface area (Å²) in [5.41, 5.74) is 0.486. The van der Waals surface area contributed by atoms with Crippen molar-refractivity contribution in [1.29, 1.82) is 0 Å². The first-order valence-electron chi connectivity index (χ1n) is 5.14. The number of ether oxygens (including phenoxy) is 1. The summed E-state index contributed by atoms with van der Waals surface area (Å²) in [6.45, 7) is 1.40. The molecule has 0 saturated carbocycles. The first kappa shape index (κ1) is 11.5. The Balaban J connectivity index is 2.05. The molecule has 86 valence electrons. The quantitative estimate of drug-likeness (QED) is 0.830. The number of rotatable bonds is 2. The number of nitrogens with zero attached hydrogens (tertiary/aromatic N) is 2. The molecule has 2 heterocycles. The molecule has 0 N–H and O–H groups in total.